The van der Waals surface area contributed by atoms with Gasteiger partial charge < -0.3 is 0 Å². The van der Waals surface area contributed by atoms with Crippen LogP contribution in [0.25, 0.3) is 0 Å². The van der Waals surface area contributed by atoms with Crippen LogP contribution in [-0.4, -0.2) is 23.4 Å². The van der Waals surface area contributed by atoms with Gasteiger partial charge in [0.05, 0.1) is 0 Å². The summed E-state index contributed by atoms with van der Waals surface area (Å²) in [6, 6.07) is 8.18. The number of nitrogen functional groups attached to an aromatic ring is 1. The maximum atomic E-state index is 11.8. The fraction of sp³-hybridized carbons (Fsp3) is 0.562. The van der Waals surface area contributed by atoms with Gasteiger partial charge in [-0.25, -0.2) is 5.84 Å². The molecule has 1 atom stereocenters. The van der Waals surface area contributed by atoms with E-state index >= 15 is 0 Å². The SMILES string of the molecule is CCCCN(Cc1ccccc1C(=O)NN)C(C)CC. The molecule has 4 heteroatoms. The summed E-state index contributed by atoms with van der Waals surface area (Å²) in [5.74, 6) is 5.03. The number of nitrogens with zero attached hydrogens (tertiary/aromatic N) is 1. The number of hydrogen-bond acceptors (Lipinski definition) is 3. The van der Waals surface area contributed by atoms with Gasteiger partial charge in [-0.15, -0.1) is 0 Å². The molecular formula is C16H27N3O. The van der Waals surface area contributed by atoms with Crippen molar-refractivity contribution in [2.75, 3.05) is 6.54 Å². The molecule has 0 heterocycles. The topological polar surface area (TPSA) is 58.4 Å². The Kier molecular flexibility index (Phi) is 7.26. The average Bonchev–Trinajstić information content (AvgIpc) is 2.50. The number of unbranched alkanes of at least 4 members (excludes halogenated alkanes) is 1. The molecule has 1 aromatic rings. The van der Waals surface area contributed by atoms with Crippen LogP contribution >= 0.6 is 0 Å². The summed E-state index contributed by atoms with van der Waals surface area (Å²) in [5.41, 5.74) is 3.92. The molecule has 0 saturated heterocycles. The number of rotatable bonds is 8. The van der Waals surface area contributed by atoms with Crippen LogP contribution in [0.5, 0.6) is 0 Å². The van der Waals surface area contributed by atoms with E-state index in [9.17, 15) is 4.79 Å². The van der Waals surface area contributed by atoms with Gasteiger partial charge in [0.2, 0.25) is 0 Å². The highest BCUT2D eigenvalue weighted by molar-refractivity contribution is 5.95. The lowest BCUT2D eigenvalue weighted by Gasteiger charge is -2.29. The van der Waals surface area contributed by atoms with E-state index in [1.54, 1.807) is 0 Å². The number of hydrogen-bond donors (Lipinski definition) is 2. The van der Waals surface area contributed by atoms with Gasteiger partial charge in [0, 0.05) is 18.2 Å². The minimum Gasteiger partial charge on any atom is -0.296 e. The Labute approximate surface area is 122 Å². The maximum Gasteiger partial charge on any atom is 0.265 e. The molecule has 1 unspecified atom stereocenters. The Morgan fingerprint density at radius 1 is 1.35 bits per heavy atom. The summed E-state index contributed by atoms with van der Waals surface area (Å²) in [5, 5.41) is 0. The van der Waals surface area contributed by atoms with Crippen molar-refractivity contribution in [3.8, 4) is 0 Å². The fourth-order valence-corrected chi connectivity index (χ4v) is 2.25. The predicted octanol–water partition coefficient (Wildman–Crippen LogP) is 2.69. The Hall–Kier alpha value is -1.39. The van der Waals surface area contributed by atoms with Gasteiger partial charge >= 0.3 is 0 Å². The normalized spacial score (nSPS) is 12.4. The van der Waals surface area contributed by atoms with E-state index in [-0.39, 0.29) is 5.91 Å². The summed E-state index contributed by atoms with van der Waals surface area (Å²) >= 11 is 0. The van der Waals surface area contributed by atoms with Crippen LogP contribution in [0.1, 0.15) is 56.0 Å². The van der Waals surface area contributed by atoms with E-state index in [4.69, 9.17) is 5.84 Å². The highest BCUT2D eigenvalue weighted by Crippen LogP contribution is 2.15. The minimum atomic E-state index is -0.222. The molecule has 3 N–H and O–H groups in total. The zero-order chi connectivity index (χ0) is 15.0. The molecule has 1 aromatic carbocycles. The van der Waals surface area contributed by atoms with Gasteiger partial charge in [0.1, 0.15) is 0 Å². The molecule has 0 spiro atoms. The van der Waals surface area contributed by atoms with E-state index in [0.29, 0.717) is 11.6 Å². The molecule has 0 aliphatic carbocycles. The minimum absolute atomic E-state index is 0.222. The molecule has 112 valence electrons. The molecule has 0 saturated carbocycles. The molecule has 0 bridgehead atoms. The Morgan fingerprint density at radius 2 is 2.05 bits per heavy atom. The summed E-state index contributed by atoms with van der Waals surface area (Å²) in [6.07, 6.45) is 3.46. The summed E-state index contributed by atoms with van der Waals surface area (Å²) < 4.78 is 0. The van der Waals surface area contributed by atoms with Crippen molar-refractivity contribution in [2.24, 2.45) is 5.84 Å². The lowest BCUT2D eigenvalue weighted by molar-refractivity contribution is 0.0950. The molecule has 0 aliphatic heterocycles. The molecule has 1 rings (SSSR count). The third-order valence-corrected chi connectivity index (χ3v) is 3.78. The number of hydrazine groups is 1. The monoisotopic (exact) mass is 277 g/mol. The zero-order valence-electron chi connectivity index (χ0n) is 12.9. The highest BCUT2D eigenvalue weighted by atomic mass is 16.2. The highest BCUT2D eigenvalue weighted by Gasteiger charge is 2.16. The summed E-state index contributed by atoms with van der Waals surface area (Å²) in [4.78, 5) is 14.3. The molecule has 20 heavy (non-hydrogen) atoms. The van der Waals surface area contributed by atoms with Crippen molar-refractivity contribution in [2.45, 2.75) is 52.6 Å². The van der Waals surface area contributed by atoms with E-state index in [2.05, 4.69) is 31.1 Å². The molecular weight excluding hydrogens is 250 g/mol. The first-order valence-corrected chi connectivity index (χ1v) is 7.46. The molecule has 0 aromatic heterocycles. The van der Waals surface area contributed by atoms with Crippen molar-refractivity contribution in [3.05, 3.63) is 35.4 Å². The number of carbonyl (C=O) groups excluding carboxylic acids is 1. The number of nitrogens with two attached hydrogens (primary N) is 1. The first-order chi connectivity index (χ1) is 9.63. The van der Waals surface area contributed by atoms with E-state index in [1.165, 1.54) is 12.8 Å². The largest absolute Gasteiger partial charge is 0.296 e. The number of nitrogens with one attached hydrogen (secondary N) is 1. The fourth-order valence-electron chi connectivity index (χ4n) is 2.25. The second kappa shape index (κ2) is 8.72. The van der Waals surface area contributed by atoms with Crippen molar-refractivity contribution in [3.63, 3.8) is 0 Å². The molecule has 0 fully saturated rings. The molecule has 0 radical (unpaired) electrons. The quantitative estimate of drug-likeness (QED) is 0.436. The summed E-state index contributed by atoms with van der Waals surface area (Å²) in [7, 11) is 0. The van der Waals surface area contributed by atoms with Crippen LogP contribution in [0, 0.1) is 0 Å². The molecule has 0 aliphatic rings. The van der Waals surface area contributed by atoms with Crippen LogP contribution in [0.3, 0.4) is 0 Å². The van der Waals surface area contributed by atoms with Crippen LogP contribution in [0.2, 0.25) is 0 Å². The lowest BCUT2D eigenvalue weighted by Crippen LogP contribution is -2.35. The second-order valence-electron chi connectivity index (χ2n) is 5.21. The predicted molar refractivity (Wildman–Crippen MR) is 83.2 cm³/mol. The third-order valence-electron chi connectivity index (χ3n) is 3.78. The maximum absolute atomic E-state index is 11.8. The average molecular weight is 277 g/mol. The van der Waals surface area contributed by atoms with E-state index in [0.717, 1.165) is 25.1 Å². The third kappa shape index (κ3) is 4.62. The van der Waals surface area contributed by atoms with Gasteiger partial charge in [-0.1, -0.05) is 38.5 Å². The number of amides is 1. The van der Waals surface area contributed by atoms with Gasteiger partial charge in [-0.2, -0.15) is 0 Å². The Bertz CT molecular complexity index is 420. The first-order valence-electron chi connectivity index (χ1n) is 7.46. The Morgan fingerprint density at radius 3 is 2.65 bits per heavy atom. The number of benzene rings is 1. The molecule has 1 amide bonds. The van der Waals surface area contributed by atoms with Crippen LogP contribution in [-0.2, 0) is 6.54 Å². The van der Waals surface area contributed by atoms with Crippen LogP contribution in [0.4, 0.5) is 0 Å². The van der Waals surface area contributed by atoms with Crippen molar-refractivity contribution in [1.29, 1.82) is 0 Å². The van der Waals surface area contributed by atoms with Gasteiger partial charge in [-0.05, 0) is 37.9 Å². The van der Waals surface area contributed by atoms with Gasteiger partial charge in [0.15, 0.2) is 0 Å². The standard InChI is InChI=1S/C16H27N3O/c1-4-6-11-19(13(3)5-2)12-14-9-7-8-10-15(14)16(20)18-17/h7-10,13H,4-6,11-12,17H2,1-3H3,(H,18,20). The van der Waals surface area contributed by atoms with Crippen LogP contribution in [0.15, 0.2) is 24.3 Å². The van der Waals surface area contributed by atoms with Crippen molar-refractivity contribution < 1.29 is 4.79 Å². The van der Waals surface area contributed by atoms with Gasteiger partial charge in [0.25, 0.3) is 5.91 Å². The van der Waals surface area contributed by atoms with Crippen molar-refractivity contribution >= 4 is 5.91 Å². The molecule has 4 nitrogen and oxygen atoms in total. The van der Waals surface area contributed by atoms with E-state index < -0.39 is 0 Å². The van der Waals surface area contributed by atoms with Gasteiger partial charge in [-0.3, -0.25) is 15.1 Å². The zero-order valence-corrected chi connectivity index (χ0v) is 12.9. The summed E-state index contributed by atoms with van der Waals surface area (Å²) in [6.45, 7) is 8.48. The number of carbonyl (C=O) groups is 1. The van der Waals surface area contributed by atoms with Crippen LogP contribution < -0.4 is 11.3 Å². The Balaban J connectivity index is 2.89. The lowest BCUT2D eigenvalue weighted by atomic mass is 10.0. The smallest absolute Gasteiger partial charge is 0.265 e. The van der Waals surface area contributed by atoms with Crippen molar-refractivity contribution in [1.82, 2.24) is 10.3 Å². The van der Waals surface area contributed by atoms with E-state index in [1.807, 2.05) is 24.3 Å². The first kappa shape index (κ1) is 16.7. The second-order valence-corrected chi connectivity index (χ2v) is 5.21.